The van der Waals surface area contributed by atoms with Crippen LogP contribution in [0.4, 0.5) is 0 Å². The standard InChI is InChI=1S/C12H15BrO3/c1-9(16-10(2)14)8-15-12-5-3-11(7-13)4-6-12/h3-6,9H,7-8H2,1-2H3. The highest BCUT2D eigenvalue weighted by atomic mass is 79.9. The van der Waals surface area contributed by atoms with Crippen LogP contribution in [0.3, 0.4) is 0 Å². The predicted octanol–water partition coefficient (Wildman–Crippen LogP) is 2.91. The first-order valence-electron chi connectivity index (χ1n) is 5.06. The lowest BCUT2D eigenvalue weighted by molar-refractivity contribution is -0.146. The number of carbonyl (C=O) groups excluding carboxylic acids is 1. The van der Waals surface area contributed by atoms with E-state index in [-0.39, 0.29) is 12.1 Å². The molecule has 16 heavy (non-hydrogen) atoms. The highest BCUT2D eigenvalue weighted by molar-refractivity contribution is 9.08. The summed E-state index contributed by atoms with van der Waals surface area (Å²) in [5.74, 6) is 0.495. The van der Waals surface area contributed by atoms with Gasteiger partial charge in [0.15, 0.2) is 0 Å². The molecule has 88 valence electrons. The number of hydrogen-bond donors (Lipinski definition) is 0. The van der Waals surface area contributed by atoms with Crippen molar-refractivity contribution in [2.45, 2.75) is 25.3 Å². The Bertz CT molecular complexity index is 335. The van der Waals surface area contributed by atoms with E-state index in [0.717, 1.165) is 11.1 Å². The van der Waals surface area contributed by atoms with Crippen molar-refractivity contribution in [2.24, 2.45) is 0 Å². The maximum Gasteiger partial charge on any atom is 0.303 e. The molecular formula is C12H15BrO3. The normalized spacial score (nSPS) is 11.9. The Balaban J connectivity index is 2.39. The molecule has 0 aliphatic rings. The number of hydrogen-bond acceptors (Lipinski definition) is 3. The molecule has 0 aliphatic carbocycles. The Labute approximate surface area is 104 Å². The van der Waals surface area contributed by atoms with Crippen molar-refractivity contribution < 1.29 is 14.3 Å². The van der Waals surface area contributed by atoms with E-state index < -0.39 is 0 Å². The summed E-state index contributed by atoms with van der Waals surface area (Å²) >= 11 is 3.37. The summed E-state index contributed by atoms with van der Waals surface area (Å²) < 4.78 is 10.4. The van der Waals surface area contributed by atoms with Crippen molar-refractivity contribution >= 4 is 21.9 Å². The van der Waals surface area contributed by atoms with Crippen LogP contribution in [-0.4, -0.2) is 18.7 Å². The van der Waals surface area contributed by atoms with Crippen molar-refractivity contribution in [1.82, 2.24) is 0 Å². The van der Waals surface area contributed by atoms with Crippen LogP contribution in [0.2, 0.25) is 0 Å². The molecule has 1 aromatic carbocycles. The summed E-state index contributed by atoms with van der Waals surface area (Å²) in [5.41, 5.74) is 1.19. The van der Waals surface area contributed by atoms with E-state index >= 15 is 0 Å². The first-order chi connectivity index (χ1) is 7.61. The van der Waals surface area contributed by atoms with Crippen LogP contribution in [0.15, 0.2) is 24.3 Å². The molecule has 4 heteroatoms. The van der Waals surface area contributed by atoms with Crippen LogP contribution < -0.4 is 4.74 Å². The van der Waals surface area contributed by atoms with Crippen molar-refractivity contribution in [2.75, 3.05) is 6.61 Å². The van der Waals surface area contributed by atoms with Crippen LogP contribution in [-0.2, 0) is 14.9 Å². The van der Waals surface area contributed by atoms with E-state index in [2.05, 4.69) is 15.9 Å². The van der Waals surface area contributed by atoms with E-state index in [4.69, 9.17) is 9.47 Å². The number of halogens is 1. The molecule has 0 saturated carbocycles. The summed E-state index contributed by atoms with van der Waals surface area (Å²) in [6.45, 7) is 3.56. The summed E-state index contributed by atoms with van der Waals surface area (Å²) in [6.07, 6.45) is -0.228. The SMILES string of the molecule is CC(=O)OC(C)COc1ccc(CBr)cc1. The predicted molar refractivity (Wildman–Crippen MR) is 65.8 cm³/mol. The molecule has 0 bridgehead atoms. The van der Waals surface area contributed by atoms with Crippen LogP contribution in [0.5, 0.6) is 5.75 Å². The van der Waals surface area contributed by atoms with Crippen LogP contribution in [0.25, 0.3) is 0 Å². The van der Waals surface area contributed by atoms with E-state index in [0.29, 0.717) is 6.61 Å². The monoisotopic (exact) mass is 286 g/mol. The first-order valence-corrected chi connectivity index (χ1v) is 6.19. The summed E-state index contributed by atoms with van der Waals surface area (Å²) in [4.78, 5) is 10.7. The summed E-state index contributed by atoms with van der Waals surface area (Å²) in [7, 11) is 0. The Morgan fingerprint density at radius 1 is 1.38 bits per heavy atom. The molecule has 0 N–H and O–H groups in total. The fraction of sp³-hybridized carbons (Fsp3) is 0.417. The topological polar surface area (TPSA) is 35.5 Å². The molecule has 0 amide bonds. The summed E-state index contributed by atoms with van der Waals surface area (Å²) in [5, 5.41) is 0.830. The van der Waals surface area contributed by atoms with Crippen LogP contribution >= 0.6 is 15.9 Å². The Kier molecular flexibility index (Phi) is 5.32. The zero-order chi connectivity index (χ0) is 12.0. The third-order valence-electron chi connectivity index (χ3n) is 1.93. The van der Waals surface area contributed by atoms with Gasteiger partial charge in [0.2, 0.25) is 0 Å². The fourth-order valence-electron chi connectivity index (χ4n) is 1.21. The number of rotatable bonds is 5. The second-order valence-corrected chi connectivity index (χ2v) is 4.07. The minimum absolute atomic E-state index is 0.228. The summed E-state index contributed by atoms with van der Waals surface area (Å²) in [6, 6.07) is 7.77. The smallest absolute Gasteiger partial charge is 0.303 e. The van der Waals surface area contributed by atoms with Gasteiger partial charge in [0, 0.05) is 12.3 Å². The van der Waals surface area contributed by atoms with Gasteiger partial charge < -0.3 is 9.47 Å². The zero-order valence-corrected chi connectivity index (χ0v) is 11.0. The number of esters is 1. The van der Waals surface area contributed by atoms with E-state index in [1.54, 1.807) is 6.92 Å². The van der Waals surface area contributed by atoms with Gasteiger partial charge in [-0.15, -0.1) is 0 Å². The molecule has 0 radical (unpaired) electrons. The molecule has 0 aliphatic heterocycles. The lowest BCUT2D eigenvalue weighted by Crippen LogP contribution is -2.20. The van der Waals surface area contributed by atoms with E-state index in [9.17, 15) is 4.79 Å². The fourth-order valence-corrected chi connectivity index (χ4v) is 1.58. The van der Waals surface area contributed by atoms with E-state index in [1.165, 1.54) is 12.5 Å². The molecule has 0 aromatic heterocycles. The maximum atomic E-state index is 10.7. The van der Waals surface area contributed by atoms with Crippen LogP contribution in [0.1, 0.15) is 19.4 Å². The van der Waals surface area contributed by atoms with Crippen molar-refractivity contribution in [3.63, 3.8) is 0 Å². The molecule has 0 saturated heterocycles. The molecule has 3 nitrogen and oxygen atoms in total. The largest absolute Gasteiger partial charge is 0.490 e. The first kappa shape index (κ1) is 13.0. The number of alkyl halides is 1. The highest BCUT2D eigenvalue weighted by Gasteiger charge is 2.05. The van der Waals surface area contributed by atoms with Gasteiger partial charge in [0.1, 0.15) is 18.5 Å². The number of carbonyl (C=O) groups is 1. The third kappa shape index (κ3) is 4.66. The highest BCUT2D eigenvalue weighted by Crippen LogP contribution is 2.14. The molecule has 0 fully saturated rings. The van der Waals surface area contributed by atoms with E-state index in [1.807, 2.05) is 24.3 Å². The van der Waals surface area contributed by atoms with Gasteiger partial charge in [0.25, 0.3) is 0 Å². The molecular weight excluding hydrogens is 272 g/mol. The molecule has 0 spiro atoms. The van der Waals surface area contributed by atoms with Gasteiger partial charge in [0.05, 0.1) is 0 Å². The second kappa shape index (κ2) is 6.53. The number of benzene rings is 1. The van der Waals surface area contributed by atoms with Gasteiger partial charge in [-0.1, -0.05) is 28.1 Å². The lowest BCUT2D eigenvalue weighted by Gasteiger charge is -2.13. The lowest BCUT2D eigenvalue weighted by atomic mass is 10.2. The van der Waals surface area contributed by atoms with Crippen molar-refractivity contribution in [3.05, 3.63) is 29.8 Å². The van der Waals surface area contributed by atoms with Crippen molar-refractivity contribution in [3.8, 4) is 5.75 Å². The Hall–Kier alpha value is -1.03. The average molecular weight is 287 g/mol. The van der Waals surface area contributed by atoms with Crippen LogP contribution in [0, 0.1) is 0 Å². The van der Waals surface area contributed by atoms with Gasteiger partial charge in [-0.2, -0.15) is 0 Å². The zero-order valence-electron chi connectivity index (χ0n) is 9.40. The molecule has 1 unspecified atom stereocenters. The molecule has 1 rings (SSSR count). The van der Waals surface area contributed by atoms with Crippen molar-refractivity contribution in [1.29, 1.82) is 0 Å². The Morgan fingerprint density at radius 3 is 2.50 bits per heavy atom. The third-order valence-corrected chi connectivity index (χ3v) is 2.58. The average Bonchev–Trinajstić information content (AvgIpc) is 2.26. The van der Waals surface area contributed by atoms with Gasteiger partial charge >= 0.3 is 5.97 Å². The number of ether oxygens (including phenoxy) is 2. The van der Waals surface area contributed by atoms with Gasteiger partial charge in [-0.05, 0) is 24.6 Å². The minimum Gasteiger partial charge on any atom is -0.490 e. The quantitative estimate of drug-likeness (QED) is 0.617. The molecule has 0 heterocycles. The molecule has 1 atom stereocenters. The Morgan fingerprint density at radius 2 is 2.00 bits per heavy atom. The van der Waals surface area contributed by atoms with Gasteiger partial charge in [-0.25, -0.2) is 0 Å². The van der Waals surface area contributed by atoms with Gasteiger partial charge in [-0.3, -0.25) is 4.79 Å². The maximum absolute atomic E-state index is 10.7. The minimum atomic E-state index is -0.286. The second-order valence-electron chi connectivity index (χ2n) is 3.51. The molecule has 1 aromatic rings.